The largest absolute Gasteiger partial charge is 0.370 e. The Kier molecular flexibility index (Phi) is 5.85. The lowest BCUT2D eigenvalue weighted by molar-refractivity contribution is -0.114. The number of hydrogen-bond acceptors (Lipinski definition) is 2. The summed E-state index contributed by atoms with van der Waals surface area (Å²) in [6.07, 6.45) is 0.820. The summed E-state index contributed by atoms with van der Waals surface area (Å²) in [5.41, 5.74) is 7.68. The smallest absolute Gasteiger partial charge is 0.221 e. The molecular weight excluding hydrogens is 240 g/mol. The number of rotatable bonds is 5. The van der Waals surface area contributed by atoms with E-state index in [0.29, 0.717) is 18.5 Å². The summed E-state index contributed by atoms with van der Waals surface area (Å²) in [6, 6.07) is 8.02. The van der Waals surface area contributed by atoms with Crippen LogP contribution in [0.15, 0.2) is 29.3 Å². The van der Waals surface area contributed by atoms with E-state index in [1.807, 2.05) is 38.1 Å². The van der Waals surface area contributed by atoms with Crippen molar-refractivity contribution < 1.29 is 4.79 Å². The van der Waals surface area contributed by atoms with Crippen molar-refractivity contribution in [3.8, 4) is 0 Å². The van der Waals surface area contributed by atoms with Gasteiger partial charge in [-0.05, 0) is 38.0 Å². The molecule has 0 bridgehead atoms. The molecule has 0 aliphatic carbocycles. The van der Waals surface area contributed by atoms with E-state index in [1.54, 1.807) is 0 Å². The van der Waals surface area contributed by atoms with E-state index in [2.05, 4.69) is 15.6 Å². The van der Waals surface area contributed by atoms with Gasteiger partial charge in [0.05, 0.1) is 0 Å². The first-order valence-corrected chi connectivity index (χ1v) is 6.40. The molecule has 4 N–H and O–H groups in total. The van der Waals surface area contributed by atoms with Crippen LogP contribution in [0, 0.1) is 0 Å². The van der Waals surface area contributed by atoms with Gasteiger partial charge in [0.25, 0.3) is 0 Å². The quantitative estimate of drug-likeness (QED) is 0.556. The molecule has 0 spiro atoms. The molecule has 1 aromatic rings. The van der Waals surface area contributed by atoms with E-state index in [0.717, 1.165) is 17.7 Å². The molecule has 19 heavy (non-hydrogen) atoms. The second-order valence-electron chi connectivity index (χ2n) is 4.69. The molecule has 0 atom stereocenters. The third-order valence-corrected chi connectivity index (χ3v) is 2.39. The summed E-state index contributed by atoms with van der Waals surface area (Å²) in [6.45, 7) is 6.17. The van der Waals surface area contributed by atoms with Crippen LogP contribution in [0.25, 0.3) is 0 Å². The predicted octanol–water partition coefficient (Wildman–Crippen LogP) is 1.50. The summed E-state index contributed by atoms with van der Waals surface area (Å²) in [7, 11) is 0. The van der Waals surface area contributed by atoms with Crippen molar-refractivity contribution in [2.45, 2.75) is 33.2 Å². The van der Waals surface area contributed by atoms with Gasteiger partial charge < -0.3 is 16.4 Å². The monoisotopic (exact) mass is 262 g/mol. The molecule has 0 aliphatic heterocycles. The Morgan fingerprint density at radius 1 is 1.32 bits per heavy atom. The third kappa shape index (κ3) is 6.45. The average Bonchev–Trinajstić information content (AvgIpc) is 2.29. The Morgan fingerprint density at radius 2 is 1.95 bits per heavy atom. The number of guanidine groups is 1. The number of hydrogen-bond donors (Lipinski definition) is 3. The highest BCUT2D eigenvalue weighted by atomic mass is 16.1. The first kappa shape index (κ1) is 15.0. The number of anilines is 1. The summed E-state index contributed by atoms with van der Waals surface area (Å²) in [5, 5.41) is 5.77. The van der Waals surface area contributed by atoms with Crippen molar-refractivity contribution in [3.63, 3.8) is 0 Å². The average molecular weight is 262 g/mol. The van der Waals surface area contributed by atoms with Crippen molar-refractivity contribution >= 4 is 17.6 Å². The number of aliphatic imine (C=N–C) groups is 1. The fourth-order valence-electron chi connectivity index (χ4n) is 1.60. The highest BCUT2D eigenvalue weighted by Gasteiger charge is 1.97. The van der Waals surface area contributed by atoms with E-state index < -0.39 is 0 Å². The van der Waals surface area contributed by atoms with Crippen LogP contribution in [0.3, 0.4) is 0 Å². The van der Waals surface area contributed by atoms with Crippen LogP contribution in [0.5, 0.6) is 0 Å². The molecule has 0 fully saturated rings. The van der Waals surface area contributed by atoms with Crippen LogP contribution in [0.4, 0.5) is 5.69 Å². The van der Waals surface area contributed by atoms with E-state index in [9.17, 15) is 4.79 Å². The number of carbonyl (C=O) groups is 1. The second kappa shape index (κ2) is 7.41. The minimum atomic E-state index is -0.0649. The number of benzene rings is 1. The molecule has 0 heterocycles. The van der Waals surface area contributed by atoms with Crippen LogP contribution in [-0.2, 0) is 11.2 Å². The first-order chi connectivity index (χ1) is 8.97. The number of nitrogens with zero attached hydrogens (tertiary/aromatic N) is 1. The van der Waals surface area contributed by atoms with E-state index in [-0.39, 0.29) is 5.91 Å². The number of amides is 1. The van der Waals surface area contributed by atoms with Crippen molar-refractivity contribution in [2.75, 3.05) is 11.9 Å². The van der Waals surface area contributed by atoms with E-state index in [1.165, 1.54) is 6.92 Å². The highest BCUT2D eigenvalue weighted by Crippen LogP contribution is 2.09. The maximum atomic E-state index is 10.9. The number of nitrogens with one attached hydrogen (secondary N) is 2. The Labute approximate surface area is 114 Å². The molecule has 1 rings (SSSR count). The molecule has 104 valence electrons. The normalized spacial score (nSPS) is 11.5. The van der Waals surface area contributed by atoms with Gasteiger partial charge in [-0.1, -0.05) is 12.1 Å². The van der Waals surface area contributed by atoms with Crippen molar-refractivity contribution in [1.82, 2.24) is 5.32 Å². The first-order valence-electron chi connectivity index (χ1n) is 6.40. The zero-order valence-electron chi connectivity index (χ0n) is 11.7. The zero-order valence-corrected chi connectivity index (χ0v) is 11.7. The molecule has 0 unspecified atom stereocenters. The molecule has 1 amide bonds. The lowest BCUT2D eigenvalue weighted by Crippen LogP contribution is -2.36. The molecule has 0 radical (unpaired) electrons. The van der Waals surface area contributed by atoms with Gasteiger partial charge in [0, 0.05) is 25.2 Å². The van der Waals surface area contributed by atoms with Crippen LogP contribution >= 0.6 is 0 Å². The van der Waals surface area contributed by atoms with E-state index in [4.69, 9.17) is 5.73 Å². The molecule has 0 saturated heterocycles. The lowest BCUT2D eigenvalue weighted by atomic mass is 10.1. The van der Waals surface area contributed by atoms with Crippen molar-refractivity contribution in [2.24, 2.45) is 10.7 Å². The fourth-order valence-corrected chi connectivity index (χ4v) is 1.60. The van der Waals surface area contributed by atoms with E-state index >= 15 is 0 Å². The Bertz CT molecular complexity index is 437. The summed E-state index contributed by atoms with van der Waals surface area (Å²) in [4.78, 5) is 15.1. The van der Waals surface area contributed by atoms with Gasteiger partial charge in [-0.25, -0.2) is 0 Å². The summed E-state index contributed by atoms with van der Waals surface area (Å²) in [5.74, 6) is 0.412. The Morgan fingerprint density at radius 3 is 2.47 bits per heavy atom. The summed E-state index contributed by atoms with van der Waals surface area (Å²) < 4.78 is 0. The molecular formula is C14H22N4O. The topological polar surface area (TPSA) is 79.5 Å². The maximum Gasteiger partial charge on any atom is 0.221 e. The number of nitrogens with two attached hydrogens (primary N) is 1. The van der Waals surface area contributed by atoms with Crippen LogP contribution in [-0.4, -0.2) is 24.5 Å². The van der Waals surface area contributed by atoms with Crippen molar-refractivity contribution in [1.29, 1.82) is 0 Å². The molecule has 0 saturated carbocycles. The number of carbonyl (C=O) groups excluding carboxylic acids is 1. The Balaban J connectivity index is 2.43. The van der Waals surface area contributed by atoms with Gasteiger partial charge >= 0.3 is 0 Å². The lowest BCUT2D eigenvalue weighted by Gasteiger charge is -2.08. The van der Waals surface area contributed by atoms with Crippen molar-refractivity contribution in [3.05, 3.63) is 29.8 Å². The van der Waals surface area contributed by atoms with Gasteiger partial charge in [0.1, 0.15) is 0 Å². The molecule has 5 heteroatoms. The molecule has 1 aromatic carbocycles. The van der Waals surface area contributed by atoms with Gasteiger partial charge in [0.2, 0.25) is 5.91 Å². The predicted molar refractivity (Wildman–Crippen MR) is 79.2 cm³/mol. The van der Waals surface area contributed by atoms with Gasteiger partial charge in [0.15, 0.2) is 5.96 Å². The maximum absolute atomic E-state index is 10.9. The molecule has 0 aliphatic rings. The third-order valence-electron chi connectivity index (χ3n) is 2.39. The minimum Gasteiger partial charge on any atom is -0.370 e. The summed E-state index contributed by atoms with van der Waals surface area (Å²) >= 11 is 0. The zero-order chi connectivity index (χ0) is 14.3. The minimum absolute atomic E-state index is 0.0649. The van der Waals surface area contributed by atoms with Crippen LogP contribution < -0.4 is 16.4 Å². The second-order valence-corrected chi connectivity index (χ2v) is 4.69. The standard InChI is InChI=1S/C14H22N4O/c1-10(2)17-14(15)16-9-8-12-4-6-13(7-5-12)18-11(3)19/h4-7,10H,8-9H2,1-3H3,(H,18,19)(H3,15,16,17). The van der Waals surface area contributed by atoms with Gasteiger partial charge in [-0.15, -0.1) is 0 Å². The SMILES string of the molecule is CC(=O)Nc1ccc(CCN=C(N)NC(C)C)cc1. The van der Waals surface area contributed by atoms with Crippen LogP contribution in [0.1, 0.15) is 26.3 Å². The highest BCUT2D eigenvalue weighted by molar-refractivity contribution is 5.88. The van der Waals surface area contributed by atoms with Crippen LogP contribution in [0.2, 0.25) is 0 Å². The molecule has 5 nitrogen and oxygen atoms in total. The van der Waals surface area contributed by atoms with Gasteiger partial charge in [-0.2, -0.15) is 0 Å². The Hall–Kier alpha value is -2.04. The fraction of sp³-hybridized carbons (Fsp3) is 0.429. The molecule has 0 aromatic heterocycles. The van der Waals surface area contributed by atoms with Gasteiger partial charge in [-0.3, -0.25) is 9.79 Å².